The van der Waals surface area contributed by atoms with Crippen molar-refractivity contribution in [3.05, 3.63) is 48.6 Å². The molecule has 0 saturated heterocycles. The molecule has 0 aromatic carbocycles. The van der Waals surface area contributed by atoms with Crippen LogP contribution in [0.25, 0.3) is 0 Å². The number of rotatable bonds is 36. The lowest BCUT2D eigenvalue weighted by molar-refractivity contribution is -0.161. The van der Waals surface area contributed by atoms with Gasteiger partial charge in [0.1, 0.15) is 12.6 Å². The molecule has 3 atom stereocenters. The first-order valence-corrected chi connectivity index (χ1v) is 21.2. The van der Waals surface area contributed by atoms with Gasteiger partial charge in [-0.25, -0.2) is 4.57 Å². The summed E-state index contributed by atoms with van der Waals surface area (Å²) in [5.74, 6) is -2.43. The molecule has 0 aliphatic heterocycles. The molecule has 52 heavy (non-hydrogen) atoms. The van der Waals surface area contributed by atoms with E-state index in [9.17, 15) is 23.8 Å². The van der Waals surface area contributed by atoms with Crippen molar-refractivity contribution in [2.24, 2.45) is 5.73 Å². The molecule has 0 spiro atoms. The Hall–Kier alpha value is -2.56. The Morgan fingerprint density at radius 3 is 1.60 bits per heavy atom. The van der Waals surface area contributed by atoms with Gasteiger partial charge in [0.2, 0.25) is 0 Å². The summed E-state index contributed by atoms with van der Waals surface area (Å²) in [5.41, 5.74) is 5.31. The van der Waals surface area contributed by atoms with Crippen molar-refractivity contribution in [2.75, 3.05) is 19.8 Å². The molecule has 300 valence electrons. The molecule has 12 heteroatoms. The quantitative estimate of drug-likeness (QED) is 0.0241. The highest BCUT2D eigenvalue weighted by molar-refractivity contribution is 7.47. The minimum absolute atomic E-state index is 0.144. The van der Waals surface area contributed by atoms with Crippen LogP contribution in [0.1, 0.15) is 155 Å². The number of aliphatic carboxylic acids is 1. The molecule has 4 N–H and O–H groups in total. The fourth-order valence-corrected chi connectivity index (χ4v) is 5.65. The Labute approximate surface area is 314 Å². The fraction of sp³-hybridized carbons (Fsp3) is 0.725. The van der Waals surface area contributed by atoms with Gasteiger partial charge in [-0.1, -0.05) is 120 Å². The van der Waals surface area contributed by atoms with Crippen molar-refractivity contribution in [3.63, 3.8) is 0 Å². The van der Waals surface area contributed by atoms with Gasteiger partial charge in [-0.2, -0.15) is 0 Å². The second-order valence-corrected chi connectivity index (χ2v) is 14.5. The number of carbonyl (C=O) groups is 3. The number of phosphoric ester groups is 1. The van der Waals surface area contributed by atoms with Crippen LogP contribution >= 0.6 is 7.82 Å². The van der Waals surface area contributed by atoms with Gasteiger partial charge in [0, 0.05) is 12.8 Å². The maximum absolute atomic E-state index is 12.5. The normalized spacial score (nSPS) is 14.4. The van der Waals surface area contributed by atoms with E-state index in [1.54, 1.807) is 0 Å². The number of allylic oxidation sites excluding steroid dienone is 8. The fourth-order valence-electron chi connectivity index (χ4n) is 4.87. The minimum Gasteiger partial charge on any atom is -0.480 e. The summed E-state index contributed by atoms with van der Waals surface area (Å²) < 4.78 is 32.5. The number of carboxylic acid groups (broad SMARTS) is 1. The van der Waals surface area contributed by atoms with E-state index in [1.165, 1.54) is 32.1 Å². The standard InChI is InChI=1S/C40H70NO10P/c1-3-5-7-9-11-13-15-16-17-18-19-20-22-23-25-27-29-31-38(42)48-33-36(34-49-52(46,47)50-35-37(41)40(44)45)51-39(43)32-30-28-26-24-21-14-12-10-8-6-4-2/h10-13,16-17,19-20,36-37H,3-9,14-15,18,21-35,41H2,1-2H3,(H,44,45)(H,46,47)/b12-10-,13-11-,17-16-,20-19-/t36-,37+/m1/s1. The Morgan fingerprint density at radius 1 is 0.596 bits per heavy atom. The zero-order valence-corrected chi connectivity index (χ0v) is 33.0. The average Bonchev–Trinajstić information content (AvgIpc) is 3.12. The summed E-state index contributed by atoms with van der Waals surface area (Å²) in [6.07, 6.45) is 37.5. The van der Waals surface area contributed by atoms with E-state index in [-0.39, 0.29) is 19.4 Å². The smallest absolute Gasteiger partial charge is 0.472 e. The van der Waals surface area contributed by atoms with E-state index in [4.69, 9.17) is 24.8 Å². The van der Waals surface area contributed by atoms with E-state index < -0.39 is 51.1 Å². The summed E-state index contributed by atoms with van der Waals surface area (Å²) in [6, 6.07) is -1.53. The second kappa shape index (κ2) is 35.5. The lowest BCUT2D eigenvalue weighted by Gasteiger charge is -2.20. The highest BCUT2D eigenvalue weighted by Gasteiger charge is 2.28. The van der Waals surface area contributed by atoms with Gasteiger partial charge in [0.15, 0.2) is 6.10 Å². The van der Waals surface area contributed by atoms with E-state index >= 15 is 0 Å². The van der Waals surface area contributed by atoms with E-state index in [0.29, 0.717) is 12.8 Å². The number of hydrogen-bond acceptors (Lipinski definition) is 9. The highest BCUT2D eigenvalue weighted by Crippen LogP contribution is 2.43. The van der Waals surface area contributed by atoms with Crippen LogP contribution in [-0.4, -0.2) is 59.9 Å². The van der Waals surface area contributed by atoms with Crippen molar-refractivity contribution < 1.29 is 47.5 Å². The minimum atomic E-state index is -4.72. The zero-order chi connectivity index (χ0) is 38.5. The summed E-state index contributed by atoms with van der Waals surface area (Å²) >= 11 is 0. The van der Waals surface area contributed by atoms with Gasteiger partial charge >= 0.3 is 25.7 Å². The van der Waals surface area contributed by atoms with Crippen LogP contribution in [0, 0.1) is 0 Å². The molecule has 1 unspecified atom stereocenters. The third-order valence-electron chi connectivity index (χ3n) is 8.05. The van der Waals surface area contributed by atoms with Gasteiger partial charge in [-0.05, 0) is 70.6 Å². The molecule has 11 nitrogen and oxygen atoms in total. The molecule has 0 radical (unpaired) electrons. The maximum atomic E-state index is 12.5. The number of carboxylic acids is 1. The number of unbranched alkanes of at least 4 members (excludes halogenated alkanes) is 14. The first kappa shape index (κ1) is 49.4. The molecule has 0 bridgehead atoms. The Morgan fingerprint density at radius 2 is 1.04 bits per heavy atom. The topological polar surface area (TPSA) is 172 Å². The molecular weight excluding hydrogens is 685 g/mol. The van der Waals surface area contributed by atoms with E-state index in [0.717, 1.165) is 83.5 Å². The summed E-state index contributed by atoms with van der Waals surface area (Å²) in [6.45, 7) is 2.67. The number of ether oxygens (including phenoxy) is 2. The second-order valence-electron chi connectivity index (χ2n) is 13.1. The molecule has 0 saturated carbocycles. The molecule has 0 amide bonds. The third kappa shape index (κ3) is 34.5. The van der Waals surface area contributed by atoms with Crippen molar-refractivity contribution in [3.8, 4) is 0 Å². The lowest BCUT2D eigenvalue weighted by Crippen LogP contribution is -2.34. The van der Waals surface area contributed by atoms with Gasteiger partial charge in [0.05, 0.1) is 13.2 Å². The third-order valence-corrected chi connectivity index (χ3v) is 9.00. The number of esters is 2. The Kier molecular flexibility index (Phi) is 33.7. The molecule has 0 aliphatic carbocycles. The average molecular weight is 756 g/mol. The number of carbonyl (C=O) groups excluding carboxylic acids is 2. The largest absolute Gasteiger partial charge is 0.480 e. The Bertz CT molecular complexity index is 1070. The van der Waals surface area contributed by atoms with Crippen LogP contribution in [0.2, 0.25) is 0 Å². The van der Waals surface area contributed by atoms with E-state index in [1.807, 2.05) is 0 Å². The van der Waals surface area contributed by atoms with Crippen LogP contribution in [0.15, 0.2) is 48.6 Å². The van der Waals surface area contributed by atoms with Crippen LogP contribution in [-0.2, 0) is 37.5 Å². The van der Waals surface area contributed by atoms with Gasteiger partial charge < -0.3 is 25.2 Å². The lowest BCUT2D eigenvalue weighted by atomic mass is 10.1. The van der Waals surface area contributed by atoms with Crippen LogP contribution < -0.4 is 5.73 Å². The van der Waals surface area contributed by atoms with Crippen LogP contribution in [0.4, 0.5) is 0 Å². The molecule has 0 aliphatic rings. The zero-order valence-electron chi connectivity index (χ0n) is 32.1. The molecule has 0 heterocycles. The Balaban J connectivity index is 4.46. The molecule has 0 rings (SSSR count). The molecule has 0 aromatic heterocycles. The maximum Gasteiger partial charge on any atom is 0.472 e. The summed E-state index contributed by atoms with van der Waals surface area (Å²) in [5, 5.41) is 8.86. The first-order valence-electron chi connectivity index (χ1n) is 19.7. The van der Waals surface area contributed by atoms with Gasteiger partial charge in [0.25, 0.3) is 0 Å². The number of phosphoric acid groups is 1. The SMILES string of the molecule is CCCC/C=C\CCCCCCCC(=O)O[C@H](COC(=O)CCCCCC/C=C\C/C=C\C/C=C\CCCCC)COP(=O)(O)OC[C@H](N)C(=O)O. The van der Waals surface area contributed by atoms with Gasteiger partial charge in [-0.3, -0.25) is 23.4 Å². The predicted molar refractivity (Wildman–Crippen MR) is 208 cm³/mol. The highest BCUT2D eigenvalue weighted by atomic mass is 31.2. The number of hydrogen-bond donors (Lipinski definition) is 3. The molecular formula is C40H70NO10P. The monoisotopic (exact) mass is 755 g/mol. The van der Waals surface area contributed by atoms with E-state index in [2.05, 4.69) is 67.0 Å². The first-order chi connectivity index (χ1) is 25.1. The van der Waals surface area contributed by atoms with Crippen molar-refractivity contribution in [1.29, 1.82) is 0 Å². The molecule has 0 fully saturated rings. The number of nitrogens with two attached hydrogens (primary N) is 1. The van der Waals surface area contributed by atoms with Crippen LogP contribution in [0.3, 0.4) is 0 Å². The van der Waals surface area contributed by atoms with Crippen molar-refractivity contribution >= 4 is 25.7 Å². The summed E-state index contributed by atoms with van der Waals surface area (Å²) in [7, 11) is -4.72. The van der Waals surface area contributed by atoms with Crippen LogP contribution in [0.5, 0.6) is 0 Å². The van der Waals surface area contributed by atoms with Crippen molar-refractivity contribution in [2.45, 2.75) is 167 Å². The predicted octanol–water partition coefficient (Wildman–Crippen LogP) is 9.83. The molecule has 0 aromatic rings. The summed E-state index contributed by atoms with van der Waals surface area (Å²) in [4.78, 5) is 45.7. The van der Waals surface area contributed by atoms with Gasteiger partial charge in [-0.15, -0.1) is 0 Å². The van der Waals surface area contributed by atoms with Crippen molar-refractivity contribution in [1.82, 2.24) is 0 Å².